The zero-order chi connectivity index (χ0) is 20.9. The number of anilines is 1. The number of carbonyl (C=O) groups excluding carboxylic acids is 2. The molecule has 1 aliphatic rings. The molecule has 152 valence electrons. The first-order valence-corrected chi connectivity index (χ1v) is 9.87. The van der Waals surface area contributed by atoms with E-state index in [-0.39, 0.29) is 12.3 Å². The lowest BCUT2D eigenvalue weighted by atomic mass is 10.0. The summed E-state index contributed by atoms with van der Waals surface area (Å²) in [5.74, 6) is 1.26. The normalized spacial score (nSPS) is 13.4. The summed E-state index contributed by atoms with van der Waals surface area (Å²) in [7, 11) is 0. The number of nitrogens with two attached hydrogens (primary N) is 1. The molecule has 4 rings (SSSR count). The predicted octanol–water partition coefficient (Wildman–Crippen LogP) is 4.17. The van der Waals surface area contributed by atoms with Crippen molar-refractivity contribution in [2.75, 3.05) is 11.4 Å². The molecule has 0 fully saturated rings. The quantitative estimate of drug-likeness (QED) is 0.650. The highest BCUT2D eigenvalue weighted by atomic mass is 16.5. The number of carbonyl (C=O) groups is 2. The number of hydrogen-bond acceptors (Lipinski definition) is 3. The highest BCUT2D eigenvalue weighted by Gasteiger charge is 2.27. The monoisotopic (exact) mass is 401 g/mol. The summed E-state index contributed by atoms with van der Waals surface area (Å²) in [4.78, 5) is 26.4. The molecule has 6 nitrogen and oxygen atoms in total. The average molecular weight is 401 g/mol. The Morgan fingerprint density at radius 3 is 2.50 bits per heavy atom. The number of para-hydroxylation sites is 2. The van der Waals surface area contributed by atoms with Crippen molar-refractivity contribution in [3.05, 3.63) is 90.0 Å². The van der Waals surface area contributed by atoms with E-state index < -0.39 is 12.1 Å². The Labute approximate surface area is 175 Å². The predicted molar refractivity (Wildman–Crippen MR) is 116 cm³/mol. The van der Waals surface area contributed by atoms with Crippen molar-refractivity contribution in [1.82, 2.24) is 5.32 Å². The van der Waals surface area contributed by atoms with Crippen molar-refractivity contribution in [1.29, 1.82) is 0 Å². The summed E-state index contributed by atoms with van der Waals surface area (Å²) in [5, 5.41) is 2.70. The third kappa shape index (κ3) is 4.43. The molecule has 3 aromatic rings. The number of hydrogen-bond donors (Lipinski definition) is 2. The number of amides is 3. The Kier molecular flexibility index (Phi) is 5.66. The molecule has 3 N–H and O–H groups in total. The first-order chi connectivity index (χ1) is 14.6. The van der Waals surface area contributed by atoms with Gasteiger partial charge in [-0.3, -0.25) is 4.79 Å². The molecular formula is C24H23N3O3. The highest BCUT2D eigenvalue weighted by Crippen LogP contribution is 2.30. The number of nitrogens with one attached hydrogen (secondary N) is 1. The van der Waals surface area contributed by atoms with Crippen LogP contribution in [0.3, 0.4) is 0 Å². The zero-order valence-electron chi connectivity index (χ0n) is 16.5. The molecular weight excluding hydrogens is 378 g/mol. The van der Waals surface area contributed by atoms with Crippen LogP contribution in [0.2, 0.25) is 0 Å². The third-order valence-electron chi connectivity index (χ3n) is 5.12. The summed E-state index contributed by atoms with van der Waals surface area (Å²) in [6, 6.07) is 23.4. The van der Waals surface area contributed by atoms with Gasteiger partial charge in [-0.05, 0) is 47.9 Å². The molecule has 1 aliphatic heterocycles. The lowest BCUT2D eigenvalue weighted by molar-refractivity contribution is -0.119. The van der Waals surface area contributed by atoms with Gasteiger partial charge in [0, 0.05) is 12.2 Å². The minimum Gasteiger partial charge on any atom is -0.457 e. The maximum atomic E-state index is 13.1. The molecule has 3 amide bonds. The Bertz CT molecular complexity index is 1050. The molecule has 6 heteroatoms. The summed E-state index contributed by atoms with van der Waals surface area (Å²) in [5.41, 5.74) is 8.23. The Morgan fingerprint density at radius 1 is 0.967 bits per heavy atom. The average Bonchev–Trinajstić information content (AvgIpc) is 3.18. The minimum absolute atomic E-state index is 0.0620. The Hall–Kier alpha value is -3.80. The summed E-state index contributed by atoms with van der Waals surface area (Å²) >= 11 is 0. The van der Waals surface area contributed by atoms with E-state index in [2.05, 4.69) is 5.32 Å². The van der Waals surface area contributed by atoms with Crippen LogP contribution in [-0.2, 0) is 11.2 Å². The number of urea groups is 1. The van der Waals surface area contributed by atoms with Crippen molar-refractivity contribution in [2.24, 2.45) is 5.73 Å². The van der Waals surface area contributed by atoms with E-state index >= 15 is 0 Å². The molecule has 0 saturated carbocycles. The van der Waals surface area contributed by atoms with E-state index in [1.54, 1.807) is 4.90 Å². The van der Waals surface area contributed by atoms with Crippen LogP contribution in [0.5, 0.6) is 11.5 Å². The molecule has 0 saturated heterocycles. The molecule has 30 heavy (non-hydrogen) atoms. The fourth-order valence-electron chi connectivity index (χ4n) is 3.73. The number of primary amides is 1. The summed E-state index contributed by atoms with van der Waals surface area (Å²) in [6.07, 6.45) is 0.933. The van der Waals surface area contributed by atoms with Gasteiger partial charge in [-0.1, -0.05) is 48.5 Å². The molecule has 1 heterocycles. The van der Waals surface area contributed by atoms with Gasteiger partial charge in [-0.2, -0.15) is 0 Å². The van der Waals surface area contributed by atoms with E-state index in [1.807, 2.05) is 78.9 Å². The van der Waals surface area contributed by atoms with E-state index in [4.69, 9.17) is 10.5 Å². The Balaban J connectivity index is 1.54. The van der Waals surface area contributed by atoms with Crippen LogP contribution in [0.1, 0.15) is 23.6 Å². The summed E-state index contributed by atoms with van der Waals surface area (Å²) in [6.45, 7) is 0.638. The van der Waals surface area contributed by atoms with E-state index in [0.29, 0.717) is 18.0 Å². The fraction of sp³-hybridized carbons (Fsp3) is 0.167. The number of rotatable bonds is 6. The van der Waals surface area contributed by atoms with Crippen LogP contribution < -0.4 is 20.7 Å². The van der Waals surface area contributed by atoms with Gasteiger partial charge < -0.3 is 20.7 Å². The van der Waals surface area contributed by atoms with Crippen LogP contribution in [0.15, 0.2) is 78.9 Å². The molecule has 0 bridgehead atoms. The topological polar surface area (TPSA) is 84.7 Å². The molecule has 0 spiro atoms. The second-order valence-corrected chi connectivity index (χ2v) is 7.18. The van der Waals surface area contributed by atoms with Crippen LogP contribution in [0.4, 0.5) is 10.5 Å². The third-order valence-corrected chi connectivity index (χ3v) is 5.12. The molecule has 1 atom stereocenters. The van der Waals surface area contributed by atoms with Crippen LogP contribution in [-0.4, -0.2) is 18.5 Å². The second kappa shape index (κ2) is 8.69. The SMILES string of the molecule is NC(=O)N[C@@H](CC(=O)N1CCc2ccccc21)c1cccc(Oc2ccccc2)c1. The number of benzene rings is 3. The van der Waals surface area contributed by atoms with Gasteiger partial charge >= 0.3 is 6.03 Å². The zero-order valence-corrected chi connectivity index (χ0v) is 16.5. The highest BCUT2D eigenvalue weighted by molar-refractivity contribution is 5.96. The van der Waals surface area contributed by atoms with Crippen molar-refractivity contribution in [2.45, 2.75) is 18.9 Å². The standard InChI is InChI=1S/C24H23N3O3/c25-24(29)26-21(16-23(28)27-14-13-17-7-4-5-12-22(17)27)18-8-6-11-20(15-18)30-19-9-2-1-3-10-19/h1-12,15,21H,13-14,16H2,(H3,25,26,29)/t21-/m0/s1. The maximum absolute atomic E-state index is 13.1. The smallest absolute Gasteiger partial charge is 0.312 e. The van der Waals surface area contributed by atoms with Gasteiger partial charge in [0.25, 0.3) is 0 Å². The van der Waals surface area contributed by atoms with Crippen LogP contribution in [0, 0.1) is 0 Å². The van der Waals surface area contributed by atoms with Crippen molar-refractivity contribution in [3.63, 3.8) is 0 Å². The van der Waals surface area contributed by atoms with Gasteiger partial charge in [0.05, 0.1) is 12.5 Å². The van der Waals surface area contributed by atoms with Gasteiger partial charge in [0.1, 0.15) is 11.5 Å². The molecule has 0 unspecified atom stereocenters. The summed E-state index contributed by atoms with van der Waals surface area (Å²) < 4.78 is 5.89. The molecule has 3 aromatic carbocycles. The van der Waals surface area contributed by atoms with Crippen molar-refractivity contribution < 1.29 is 14.3 Å². The maximum Gasteiger partial charge on any atom is 0.312 e. The van der Waals surface area contributed by atoms with Crippen LogP contribution >= 0.6 is 0 Å². The molecule has 0 aliphatic carbocycles. The van der Waals surface area contributed by atoms with Gasteiger partial charge in [-0.15, -0.1) is 0 Å². The van der Waals surface area contributed by atoms with Crippen LogP contribution in [0.25, 0.3) is 0 Å². The van der Waals surface area contributed by atoms with E-state index in [9.17, 15) is 9.59 Å². The van der Waals surface area contributed by atoms with Gasteiger partial charge in [-0.25, -0.2) is 4.79 Å². The molecule has 0 aromatic heterocycles. The number of nitrogens with zero attached hydrogens (tertiary/aromatic N) is 1. The number of ether oxygens (including phenoxy) is 1. The lowest BCUT2D eigenvalue weighted by Crippen LogP contribution is -2.38. The minimum atomic E-state index is -0.677. The second-order valence-electron chi connectivity index (χ2n) is 7.18. The lowest BCUT2D eigenvalue weighted by Gasteiger charge is -2.23. The van der Waals surface area contributed by atoms with Gasteiger partial charge in [0.15, 0.2) is 0 Å². The van der Waals surface area contributed by atoms with Gasteiger partial charge in [0.2, 0.25) is 5.91 Å². The van der Waals surface area contributed by atoms with Crippen molar-refractivity contribution in [3.8, 4) is 11.5 Å². The first kappa shape index (κ1) is 19.5. The Morgan fingerprint density at radius 2 is 1.70 bits per heavy atom. The van der Waals surface area contributed by atoms with Crippen molar-refractivity contribution >= 4 is 17.6 Å². The molecule has 0 radical (unpaired) electrons. The van der Waals surface area contributed by atoms with E-state index in [0.717, 1.165) is 23.2 Å². The largest absolute Gasteiger partial charge is 0.457 e. The van der Waals surface area contributed by atoms with E-state index in [1.165, 1.54) is 0 Å². The first-order valence-electron chi connectivity index (χ1n) is 9.87. The fourth-order valence-corrected chi connectivity index (χ4v) is 3.73. The number of fused-ring (bicyclic) bond motifs is 1.